The molecule has 0 saturated carbocycles. The van der Waals surface area contributed by atoms with Gasteiger partial charge in [-0.15, -0.1) is 0 Å². The van der Waals surface area contributed by atoms with Crippen molar-refractivity contribution >= 4 is 11.6 Å². The summed E-state index contributed by atoms with van der Waals surface area (Å²) in [6, 6.07) is 4.65. The van der Waals surface area contributed by atoms with Crippen LogP contribution < -0.4 is 5.32 Å². The number of hydrogen-bond donors (Lipinski definition) is 1. The van der Waals surface area contributed by atoms with Gasteiger partial charge in [0.25, 0.3) is 0 Å². The van der Waals surface area contributed by atoms with Crippen LogP contribution in [0.15, 0.2) is 30.6 Å². The topological polar surface area (TPSA) is 29.9 Å². The van der Waals surface area contributed by atoms with Crippen LogP contribution in [0.5, 0.6) is 0 Å². The molecule has 0 amide bonds. The minimum Gasteiger partial charge on any atom is -0.336 e. The number of hydrogen-bond acceptors (Lipinski definition) is 2. The first-order valence-electron chi connectivity index (χ1n) is 6.29. The predicted molar refractivity (Wildman–Crippen MR) is 74.8 cm³/mol. The molecule has 1 unspecified atom stereocenters. The Bertz CT molecular complexity index is 553. The van der Waals surface area contributed by atoms with Gasteiger partial charge in [0.15, 0.2) is 0 Å². The second-order valence-electron chi connectivity index (χ2n) is 4.43. The van der Waals surface area contributed by atoms with Crippen LogP contribution in [0, 0.1) is 5.82 Å². The van der Waals surface area contributed by atoms with Crippen molar-refractivity contribution in [2.75, 3.05) is 6.54 Å². The summed E-state index contributed by atoms with van der Waals surface area (Å²) in [4.78, 5) is 4.34. The van der Waals surface area contributed by atoms with E-state index in [1.54, 1.807) is 12.3 Å². The summed E-state index contributed by atoms with van der Waals surface area (Å²) in [6.07, 6.45) is 4.57. The Kier molecular flexibility index (Phi) is 4.56. The van der Waals surface area contributed by atoms with Gasteiger partial charge >= 0.3 is 0 Å². The molecule has 0 aliphatic heterocycles. The number of halogens is 2. The van der Waals surface area contributed by atoms with Crippen molar-refractivity contribution < 1.29 is 4.39 Å². The fraction of sp³-hybridized carbons (Fsp3) is 0.357. The van der Waals surface area contributed by atoms with E-state index in [0.29, 0.717) is 5.56 Å². The van der Waals surface area contributed by atoms with Crippen molar-refractivity contribution in [3.63, 3.8) is 0 Å². The van der Waals surface area contributed by atoms with Crippen molar-refractivity contribution in [3.05, 3.63) is 52.8 Å². The molecule has 19 heavy (non-hydrogen) atoms. The third-order valence-corrected chi connectivity index (χ3v) is 3.41. The van der Waals surface area contributed by atoms with Crippen LogP contribution >= 0.6 is 11.6 Å². The normalized spacial score (nSPS) is 12.6. The van der Waals surface area contributed by atoms with Gasteiger partial charge in [0.1, 0.15) is 11.6 Å². The zero-order valence-electron chi connectivity index (χ0n) is 11.0. The highest BCUT2D eigenvalue weighted by molar-refractivity contribution is 6.31. The lowest BCUT2D eigenvalue weighted by molar-refractivity contribution is 0.550. The van der Waals surface area contributed by atoms with E-state index in [2.05, 4.69) is 17.2 Å². The predicted octanol–water partition coefficient (Wildman–Crippen LogP) is 3.30. The molecule has 1 aromatic heterocycles. The van der Waals surface area contributed by atoms with E-state index in [4.69, 9.17) is 11.6 Å². The molecular weight excluding hydrogens is 265 g/mol. The van der Waals surface area contributed by atoms with Crippen molar-refractivity contribution in [1.29, 1.82) is 0 Å². The molecule has 5 heteroatoms. The zero-order chi connectivity index (χ0) is 13.8. The first-order chi connectivity index (χ1) is 9.15. The van der Waals surface area contributed by atoms with E-state index in [1.807, 2.05) is 23.9 Å². The molecule has 0 spiro atoms. The van der Waals surface area contributed by atoms with Crippen LogP contribution in [-0.4, -0.2) is 16.1 Å². The fourth-order valence-corrected chi connectivity index (χ4v) is 2.26. The van der Waals surface area contributed by atoms with Gasteiger partial charge < -0.3 is 9.88 Å². The Morgan fingerprint density at radius 1 is 1.47 bits per heavy atom. The number of aryl methyl sites for hydroxylation is 1. The van der Waals surface area contributed by atoms with Crippen LogP contribution in [-0.2, 0) is 7.05 Å². The Morgan fingerprint density at radius 3 is 2.89 bits per heavy atom. The van der Waals surface area contributed by atoms with Gasteiger partial charge in [-0.3, -0.25) is 0 Å². The highest BCUT2D eigenvalue weighted by Gasteiger charge is 2.21. The van der Waals surface area contributed by atoms with Crippen molar-refractivity contribution in [2.24, 2.45) is 7.05 Å². The SMILES string of the molecule is CCCNC(c1cccc(F)c1Cl)c1nccn1C. The number of nitrogens with one attached hydrogen (secondary N) is 1. The molecule has 0 aliphatic carbocycles. The van der Waals surface area contributed by atoms with Crippen LogP contribution in [0.4, 0.5) is 4.39 Å². The summed E-state index contributed by atoms with van der Waals surface area (Å²) < 4.78 is 15.5. The lowest BCUT2D eigenvalue weighted by atomic mass is 10.1. The molecule has 0 aliphatic rings. The fourth-order valence-electron chi connectivity index (χ4n) is 2.03. The monoisotopic (exact) mass is 281 g/mol. The molecule has 3 nitrogen and oxygen atoms in total. The van der Waals surface area contributed by atoms with E-state index < -0.39 is 5.82 Å². The highest BCUT2D eigenvalue weighted by atomic mass is 35.5. The third-order valence-electron chi connectivity index (χ3n) is 3.01. The second-order valence-corrected chi connectivity index (χ2v) is 4.80. The average Bonchev–Trinajstić information content (AvgIpc) is 2.81. The largest absolute Gasteiger partial charge is 0.336 e. The molecule has 102 valence electrons. The second kappa shape index (κ2) is 6.17. The molecule has 0 bridgehead atoms. The van der Waals surface area contributed by atoms with Crippen LogP contribution in [0.25, 0.3) is 0 Å². The van der Waals surface area contributed by atoms with Gasteiger partial charge in [-0.2, -0.15) is 0 Å². The van der Waals surface area contributed by atoms with E-state index >= 15 is 0 Å². The Hall–Kier alpha value is -1.39. The summed E-state index contributed by atoms with van der Waals surface area (Å²) >= 11 is 6.08. The van der Waals surface area contributed by atoms with Crippen molar-refractivity contribution in [3.8, 4) is 0 Å². The molecule has 1 N–H and O–H groups in total. The Balaban J connectivity index is 2.43. The average molecular weight is 282 g/mol. The van der Waals surface area contributed by atoms with Gasteiger partial charge in [-0.1, -0.05) is 30.7 Å². The molecule has 1 heterocycles. The lowest BCUT2D eigenvalue weighted by Crippen LogP contribution is -2.26. The molecule has 0 fully saturated rings. The standard InChI is InChI=1S/C14H17ClFN3/c1-3-7-17-13(14-18-8-9-19(14)2)10-5-4-6-11(16)12(10)15/h4-6,8-9,13,17H,3,7H2,1-2H3. The molecular formula is C14H17ClFN3. The van der Waals surface area contributed by atoms with Gasteiger partial charge in [0.2, 0.25) is 0 Å². The maximum atomic E-state index is 13.6. The smallest absolute Gasteiger partial charge is 0.142 e. The molecule has 2 aromatic rings. The minimum atomic E-state index is -0.406. The minimum absolute atomic E-state index is 0.152. The Morgan fingerprint density at radius 2 is 2.26 bits per heavy atom. The van der Waals surface area contributed by atoms with Crippen molar-refractivity contribution in [1.82, 2.24) is 14.9 Å². The number of benzene rings is 1. The van der Waals surface area contributed by atoms with Gasteiger partial charge in [-0.25, -0.2) is 9.37 Å². The lowest BCUT2D eigenvalue weighted by Gasteiger charge is -2.20. The maximum Gasteiger partial charge on any atom is 0.142 e. The van der Waals surface area contributed by atoms with Crippen LogP contribution in [0.1, 0.15) is 30.8 Å². The van der Waals surface area contributed by atoms with Gasteiger partial charge in [0.05, 0.1) is 11.1 Å². The highest BCUT2D eigenvalue weighted by Crippen LogP contribution is 2.29. The van der Waals surface area contributed by atoms with Crippen LogP contribution in [0.3, 0.4) is 0 Å². The molecule has 0 saturated heterocycles. The van der Waals surface area contributed by atoms with E-state index in [0.717, 1.165) is 18.8 Å². The number of aromatic nitrogens is 2. The first kappa shape index (κ1) is 14.0. The Labute approximate surface area is 117 Å². The molecule has 0 radical (unpaired) electrons. The summed E-state index contributed by atoms with van der Waals surface area (Å²) in [5, 5.41) is 3.51. The first-order valence-corrected chi connectivity index (χ1v) is 6.67. The van der Waals surface area contributed by atoms with E-state index in [9.17, 15) is 4.39 Å². The van der Waals surface area contributed by atoms with E-state index in [1.165, 1.54) is 6.07 Å². The summed E-state index contributed by atoms with van der Waals surface area (Å²) in [7, 11) is 1.91. The summed E-state index contributed by atoms with van der Waals surface area (Å²) in [5.41, 5.74) is 0.712. The molecule has 1 aromatic carbocycles. The third kappa shape index (κ3) is 2.96. The zero-order valence-corrected chi connectivity index (χ0v) is 11.8. The quantitative estimate of drug-likeness (QED) is 0.911. The number of imidazole rings is 1. The van der Waals surface area contributed by atoms with Crippen LogP contribution in [0.2, 0.25) is 5.02 Å². The van der Waals surface area contributed by atoms with Gasteiger partial charge in [-0.05, 0) is 24.6 Å². The van der Waals surface area contributed by atoms with E-state index in [-0.39, 0.29) is 11.1 Å². The summed E-state index contributed by atoms with van der Waals surface area (Å²) in [6.45, 7) is 2.89. The number of nitrogens with zero attached hydrogens (tertiary/aromatic N) is 2. The molecule has 2 rings (SSSR count). The van der Waals surface area contributed by atoms with Gasteiger partial charge in [0, 0.05) is 19.4 Å². The number of rotatable bonds is 5. The maximum absolute atomic E-state index is 13.6. The van der Waals surface area contributed by atoms with Crippen molar-refractivity contribution in [2.45, 2.75) is 19.4 Å². The summed E-state index contributed by atoms with van der Waals surface area (Å²) in [5.74, 6) is 0.414. The molecule has 1 atom stereocenters.